The third-order valence-corrected chi connectivity index (χ3v) is 5.63. The molecular formula is C26H42N4O8. The van der Waals surface area contributed by atoms with E-state index >= 15 is 0 Å². The van der Waals surface area contributed by atoms with Gasteiger partial charge in [-0.1, -0.05) is 17.7 Å². The van der Waals surface area contributed by atoms with Crippen molar-refractivity contribution in [1.29, 1.82) is 0 Å². The first kappa shape index (κ1) is 32.8. The molecule has 0 aliphatic heterocycles. The second kappa shape index (κ2) is 15.3. The Balaban J connectivity index is 2.93. The van der Waals surface area contributed by atoms with Gasteiger partial charge < -0.3 is 35.3 Å². The number of aliphatic hydroxyl groups is 1. The molecule has 4 amide bonds. The molecule has 214 valence electrons. The molecule has 3 atom stereocenters. The van der Waals surface area contributed by atoms with E-state index in [-0.39, 0.29) is 12.8 Å². The van der Waals surface area contributed by atoms with Crippen LogP contribution in [0.25, 0.3) is 0 Å². The molecule has 1 aromatic rings. The number of ether oxygens (including phenoxy) is 3. The third-order valence-electron chi connectivity index (χ3n) is 5.63. The summed E-state index contributed by atoms with van der Waals surface area (Å²) < 4.78 is 15.6. The molecule has 12 nitrogen and oxygen atoms in total. The van der Waals surface area contributed by atoms with Crippen molar-refractivity contribution < 1.29 is 38.5 Å². The molecule has 0 bridgehead atoms. The number of hydrogen-bond donors (Lipinski definition) is 4. The van der Waals surface area contributed by atoms with Gasteiger partial charge in [-0.3, -0.25) is 19.3 Å². The van der Waals surface area contributed by atoms with Crippen molar-refractivity contribution in [2.45, 2.75) is 77.5 Å². The number of hydrogen-bond acceptors (Lipinski definition) is 8. The van der Waals surface area contributed by atoms with Crippen molar-refractivity contribution in [2.24, 2.45) is 0 Å². The molecule has 1 unspecified atom stereocenters. The first-order valence-electron chi connectivity index (χ1n) is 12.3. The molecule has 38 heavy (non-hydrogen) atoms. The van der Waals surface area contributed by atoms with E-state index in [1.165, 1.54) is 28.2 Å². The Morgan fingerprint density at radius 2 is 1.47 bits per heavy atom. The Hall–Kier alpha value is -3.22. The van der Waals surface area contributed by atoms with Crippen molar-refractivity contribution in [2.75, 3.05) is 33.2 Å². The highest BCUT2D eigenvalue weighted by molar-refractivity contribution is 5.98. The fourth-order valence-electron chi connectivity index (χ4n) is 3.20. The zero-order valence-electron chi connectivity index (χ0n) is 23.5. The number of nitrogens with one attached hydrogen (secondary N) is 3. The molecule has 0 fully saturated rings. The highest BCUT2D eigenvalue weighted by Gasteiger charge is 2.31. The van der Waals surface area contributed by atoms with Crippen molar-refractivity contribution in [3.63, 3.8) is 0 Å². The zero-order chi connectivity index (χ0) is 29.0. The van der Waals surface area contributed by atoms with Gasteiger partial charge in [-0.15, -0.1) is 0 Å². The summed E-state index contributed by atoms with van der Waals surface area (Å²) in [6, 6.07) is 3.74. The Labute approximate surface area is 224 Å². The summed E-state index contributed by atoms with van der Waals surface area (Å²) in [6.45, 7) is 7.73. The van der Waals surface area contributed by atoms with Crippen molar-refractivity contribution in [1.82, 2.24) is 15.5 Å². The maximum Gasteiger partial charge on any atom is 0.410 e. The van der Waals surface area contributed by atoms with Crippen LogP contribution in [0.3, 0.4) is 0 Å². The van der Waals surface area contributed by atoms with Crippen LogP contribution in [-0.2, 0) is 28.6 Å². The number of carbonyl (C=O) groups excluding carboxylic acids is 4. The second-order valence-corrected chi connectivity index (χ2v) is 9.91. The van der Waals surface area contributed by atoms with Crippen LogP contribution in [0.5, 0.6) is 0 Å². The van der Waals surface area contributed by atoms with Gasteiger partial charge in [0.05, 0.1) is 6.61 Å². The number of methoxy groups -OCH3 is 2. The maximum atomic E-state index is 13.0. The minimum absolute atomic E-state index is 0.152. The first-order valence-corrected chi connectivity index (χ1v) is 12.3. The molecule has 0 aliphatic carbocycles. The molecule has 0 heterocycles. The van der Waals surface area contributed by atoms with Crippen LogP contribution in [0.2, 0.25) is 0 Å². The fourth-order valence-corrected chi connectivity index (χ4v) is 3.20. The van der Waals surface area contributed by atoms with Gasteiger partial charge in [0.2, 0.25) is 17.7 Å². The average Bonchev–Trinajstić information content (AvgIpc) is 2.86. The number of anilines is 1. The van der Waals surface area contributed by atoms with Crippen LogP contribution >= 0.6 is 0 Å². The van der Waals surface area contributed by atoms with E-state index in [2.05, 4.69) is 16.0 Å². The van der Waals surface area contributed by atoms with E-state index in [1.54, 1.807) is 32.9 Å². The van der Waals surface area contributed by atoms with Crippen LogP contribution in [0.1, 0.15) is 46.1 Å². The topological polar surface area (TPSA) is 156 Å². The maximum absolute atomic E-state index is 13.0. The van der Waals surface area contributed by atoms with Gasteiger partial charge in [0.15, 0.2) is 6.29 Å². The predicted octanol–water partition coefficient (Wildman–Crippen LogP) is 1.55. The number of nitrogens with zero attached hydrogens (tertiary/aromatic N) is 1. The monoisotopic (exact) mass is 538 g/mol. The summed E-state index contributed by atoms with van der Waals surface area (Å²) in [5.74, 6) is -1.95. The molecule has 12 heteroatoms. The number of likely N-dealkylation sites (N-methyl/N-ethyl adjacent to an activating group) is 1. The first-order chi connectivity index (χ1) is 17.7. The standard InChI is InChI=1S/C26H42N4O8/c1-16-9-11-18(12-10-16)27-23(33)19(13-14-21(36-7)37-8)28-24(34)20(15-31)29-22(32)17(2)30(6)25(35)38-26(3,4)5/h9-12,17,19-21,31H,13-15H2,1-8H3,(H,27,33)(H,28,34)(H,29,32)/t17-,19?,20-/m0/s1. The second-order valence-electron chi connectivity index (χ2n) is 9.91. The molecule has 0 spiro atoms. The molecule has 1 aromatic carbocycles. The number of aryl methyl sites for hydroxylation is 1. The molecule has 0 saturated carbocycles. The molecule has 1 rings (SSSR count). The van der Waals surface area contributed by atoms with Crippen molar-refractivity contribution >= 4 is 29.5 Å². The quantitative estimate of drug-likeness (QED) is 0.276. The van der Waals surface area contributed by atoms with Gasteiger partial charge in [-0.05, 0) is 53.2 Å². The molecule has 0 aromatic heterocycles. The predicted molar refractivity (Wildman–Crippen MR) is 141 cm³/mol. The van der Waals surface area contributed by atoms with Crippen LogP contribution in [0, 0.1) is 6.92 Å². The molecule has 0 aliphatic rings. The van der Waals surface area contributed by atoms with E-state index in [0.717, 1.165) is 10.5 Å². The fraction of sp³-hybridized carbons (Fsp3) is 0.615. The van der Waals surface area contributed by atoms with E-state index in [9.17, 15) is 24.3 Å². The van der Waals surface area contributed by atoms with E-state index in [1.807, 2.05) is 19.1 Å². The summed E-state index contributed by atoms with van der Waals surface area (Å²) >= 11 is 0. The lowest BCUT2D eigenvalue weighted by Crippen LogP contribution is -2.57. The Bertz CT molecular complexity index is 928. The molecule has 0 saturated heterocycles. The highest BCUT2D eigenvalue weighted by atomic mass is 16.7. The normalized spacial score (nSPS) is 13.7. The van der Waals surface area contributed by atoms with E-state index in [0.29, 0.717) is 5.69 Å². The zero-order valence-corrected chi connectivity index (χ0v) is 23.5. The molecule has 4 N–H and O–H groups in total. The van der Waals surface area contributed by atoms with Gasteiger partial charge in [0, 0.05) is 33.4 Å². The van der Waals surface area contributed by atoms with Gasteiger partial charge in [-0.2, -0.15) is 0 Å². The number of amides is 4. The van der Waals surface area contributed by atoms with E-state index < -0.39 is 60.4 Å². The summed E-state index contributed by atoms with van der Waals surface area (Å²) in [5, 5.41) is 17.6. The summed E-state index contributed by atoms with van der Waals surface area (Å²) in [4.78, 5) is 52.1. The van der Waals surface area contributed by atoms with E-state index in [4.69, 9.17) is 14.2 Å². The average molecular weight is 539 g/mol. The van der Waals surface area contributed by atoms with Crippen LogP contribution < -0.4 is 16.0 Å². The Morgan fingerprint density at radius 3 is 1.97 bits per heavy atom. The lowest BCUT2D eigenvalue weighted by molar-refractivity contribution is -0.134. The highest BCUT2D eigenvalue weighted by Crippen LogP contribution is 2.13. The van der Waals surface area contributed by atoms with Crippen molar-refractivity contribution in [3.05, 3.63) is 29.8 Å². The number of rotatable bonds is 13. The molecular weight excluding hydrogens is 496 g/mol. The van der Waals surface area contributed by atoms with Crippen LogP contribution in [-0.4, -0.2) is 91.7 Å². The number of aliphatic hydroxyl groups excluding tert-OH is 1. The number of carbonyl (C=O) groups is 4. The number of benzene rings is 1. The van der Waals surface area contributed by atoms with Gasteiger partial charge in [0.1, 0.15) is 23.7 Å². The van der Waals surface area contributed by atoms with Crippen molar-refractivity contribution in [3.8, 4) is 0 Å². The molecule has 0 radical (unpaired) electrons. The Morgan fingerprint density at radius 1 is 0.921 bits per heavy atom. The summed E-state index contributed by atoms with van der Waals surface area (Å²) in [5.41, 5.74) is 0.804. The third kappa shape index (κ3) is 11.0. The smallest absolute Gasteiger partial charge is 0.410 e. The minimum atomic E-state index is -1.37. The Kier molecular flexibility index (Phi) is 13.2. The van der Waals surface area contributed by atoms with Crippen LogP contribution in [0.15, 0.2) is 24.3 Å². The summed E-state index contributed by atoms with van der Waals surface area (Å²) in [7, 11) is 4.31. The lowest BCUT2D eigenvalue weighted by Gasteiger charge is -2.29. The minimum Gasteiger partial charge on any atom is -0.444 e. The SMILES string of the molecule is COC(CCC(NC(=O)[C@H](CO)NC(=O)[C@H](C)N(C)C(=O)OC(C)(C)C)C(=O)Nc1ccc(C)cc1)OC. The summed E-state index contributed by atoms with van der Waals surface area (Å²) in [6.07, 6.45) is -0.879. The van der Waals surface area contributed by atoms with Gasteiger partial charge in [-0.25, -0.2) is 4.79 Å². The van der Waals surface area contributed by atoms with Gasteiger partial charge in [0.25, 0.3) is 0 Å². The lowest BCUT2D eigenvalue weighted by atomic mass is 10.1. The van der Waals surface area contributed by atoms with Gasteiger partial charge >= 0.3 is 6.09 Å². The largest absolute Gasteiger partial charge is 0.444 e. The van der Waals surface area contributed by atoms with Crippen LogP contribution in [0.4, 0.5) is 10.5 Å².